The topological polar surface area (TPSA) is 9.23 Å². The Balaban J connectivity index is 2.17. The van der Waals surface area contributed by atoms with Crippen LogP contribution in [0.4, 0.5) is 4.39 Å². The summed E-state index contributed by atoms with van der Waals surface area (Å²) in [5.41, 5.74) is 2.16. The minimum atomic E-state index is -0.223. The van der Waals surface area contributed by atoms with Gasteiger partial charge in [-0.3, -0.25) is 0 Å². The van der Waals surface area contributed by atoms with Crippen LogP contribution in [0.5, 0.6) is 5.75 Å². The van der Waals surface area contributed by atoms with E-state index in [4.69, 9.17) is 4.74 Å². The SMILES string of the molecule is COc1ccc([C@@H](Br)[C@@H](Br)c2ccc(F)cc2)cc1. The highest BCUT2D eigenvalue weighted by atomic mass is 79.9. The van der Waals surface area contributed by atoms with Crippen LogP contribution in [0.15, 0.2) is 48.5 Å². The van der Waals surface area contributed by atoms with Crippen molar-refractivity contribution < 1.29 is 9.13 Å². The fourth-order valence-corrected chi connectivity index (χ4v) is 2.99. The molecule has 2 aromatic carbocycles. The molecule has 2 atom stereocenters. The Labute approximate surface area is 129 Å². The standard InChI is InChI=1S/C15H13Br2FO/c1-19-13-8-4-11(5-9-13)15(17)14(16)10-2-6-12(18)7-3-10/h2-9,14-15H,1H3/t14-,15+/m0/s1. The van der Waals surface area contributed by atoms with Crippen molar-refractivity contribution in [1.82, 2.24) is 0 Å². The molecule has 100 valence electrons. The van der Waals surface area contributed by atoms with E-state index in [-0.39, 0.29) is 15.5 Å². The number of hydrogen-bond acceptors (Lipinski definition) is 1. The summed E-state index contributed by atoms with van der Waals surface area (Å²) in [6.45, 7) is 0. The molecule has 1 nitrogen and oxygen atoms in total. The van der Waals surface area contributed by atoms with Gasteiger partial charge in [-0.1, -0.05) is 56.1 Å². The molecule has 0 N–H and O–H groups in total. The van der Waals surface area contributed by atoms with Gasteiger partial charge in [0.1, 0.15) is 11.6 Å². The minimum Gasteiger partial charge on any atom is -0.497 e. The van der Waals surface area contributed by atoms with E-state index >= 15 is 0 Å². The van der Waals surface area contributed by atoms with E-state index in [1.807, 2.05) is 24.3 Å². The van der Waals surface area contributed by atoms with E-state index in [1.54, 1.807) is 19.2 Å². The van der Waals surface area contributed by atoms with Crippen molar-refractivity contribution in [2.24, 2.45) is 0 Å². The van der Waals surface area contributed by atoms with Crippen LogP contribution >= 0.6 is 31.9 Å². The summed E-state index contributed by atoms with van der Waals surface area (Å²) >= 11 is 7.32. The molecule has 2 aromatic rings. The summed E-state index contributed by atoms with van der Waals surface area (Å²) in [4.78, 5) is 0.172. The van der Waals surface area contributed by atoms with Gasteiger partial charge in [-0.2, -0.15) is 0 Å². The summed E-state index contributed by atoms with van der Waals surface area (Å²) in [7, 11) is 1.65. The second-order valence-corrected chi connectivity index (χ2v) is 6.10. The normalized spacial score (nSPS) is 13.9. The molecule has 0 fully saturated rings. The zero-order valence-corrected chi connectivity index (χ0v) is 13.5. The second-order valence-electron chi connectivity index (χ2n) is 4.13. The highest BCUT2D eigenvalue weighted by molar-refractivity contribution is 9.12. The second kappa shape index (κ2) is 6.53. The predicted octanol–water partition coefficient (Wildman–Crippen LogP) is 5.41. The van der Waals surface area contributed by atoms with Crippen LogP contribution in [0.25, 0.3) is 0 Å². The average Bonchev–Trinajstić information content (AvgIpc) is 2.46. The molecule has 0 saturated carbocycles. The lowest BCUT2D eigenvalue weighted by molar-refractivity contribution is 0.414. The van der Waals surface area contributed by atoms with Crippen molar-refractivity contribution in [2.75, 3.05) is 7.11 Å². The van der Waals surface area contributed by atoms with Gasteiger partial charge in [-0.25, -0.2) is 4.39 Å². The smallest absolute Gasteiger partial charge is 0.123 e. The first-order valence-corrected chi connectivity index (χ1v) is 7.62. The number of benzene rings is 2. The van der Waals surface area contributed by atoms with E-state index in [9.17, 15) is 4.39 Å². The Kier molecular flexibility index (Phi) is 4.99. The molecule has 0 saturated heterocycles. The van der Waals surface area contributed by atoms with Crippen molar-refractivity contribution in [2.45, 2.75) is 9.65 Å². The predicted molar refractivity (Wildman–Crippen MR) is 82.7 cm³/mol. The number of rotatable bonds is 4. The monoisotopic (exact) mass is 386 g/mol. The van der Waals surface area contributed by atoms with E-state index < -0.39 is 0 Å². The number of hydrogen-bond donors (Lipinski definition) is 0. The highest BCUT2D eigenvalue weighted by Gasteiger charge is 2.19. The van der Waals surface area contributed by atoms with Crippen molar-refractivity contribution in [3.05, 3.63) is 65.5 Å². The molecule has 0 aliphatic heterocycles. The quantitative estimate of drug-likeness (QED) is 0.637. The largest absolute Gasteiger partial charge is 0.497 e. The van der Waals surface area contributed by atoms with Crippen LogP contribution < -0.4 is 4.74 Å². The van der Waals surface area contributed by atoms with Crippen LogP contribution in [0, 0.1) is 5.82 Å². The highest BCUT2D eigenvalue weighted by Crippen LogP contribution is 2.42. The van der Waals surface area contributed by atoms with E-state index in [0.29, 0.717) is 0 Å². The molecule has 0 radical (unpaired) electrons. The number of methoxy groups -OCH3 is 1. The van der Waals surface area contributed by atoms with Gasteiger partial charge in [0.2, 0.25) is 0 Å². The summed E-state index contributed by atoms with van der Waals surface area (Å²) in [5, 5.41) is 0. The Morgan fingerprint density at radius 2 is 1.26 bits per heavy atom. The van der Waals surface area contributed by atoms with Gasteiger partial charge < -0.3 is 4.74 Å². The Morgan fingerprint density at radius 1 is 0.842 bits per heavy atom. The van der Waals surface area contributed by atoms with Crippen LogP contribution in [0.3, 0.4) is 0 Å². The number of ether oxygens (including phenoxy) is 1. The third kappa shape index (κ3) is 3.57. The maximum atomic E-state index is 12.9. The van der Waals surface area contributed by atoms with Crippen molar-refractivity contribution in [3.63, 3.8) is 0 Å². The molecule has 0 aliphatic rings. The van der Waals surface area contributed by atoms with Gasteiger partial charge >= 0.3 is 0 Å². The molecule has 2 rings (SSSR count). The van der Waals surface area contributed by atoms with Crippen LogP contribution in [-0.4, -0.2) is 7.11 Å². The molecule has 19 heavy (non-hydrogen) atoms. The van der Waals surface area contributed by atoms with Gasteiger partial charge in [0, 0.05) is 0 Å². The summed E-state index contributed by atoms with van der Waals surface area (Å²) in [6.07, 6.45) is 0. The van der Waals surface area contributed by atoms with Crippen LogP contribution in [0.2, 0.25) is 0 Å². The summed E-state index contributed by atoms with van der Waals surface area (Å²) in [5.74, 6) is 0.607. The van der Waals surface area contributed by atoms with E-state index in [0.717, 1.165) is 16.9 Å². The summed E-state index contributed by atoms with van der Waals surface area (Å²) in [6, 6.07) is 14.4. The number of halogens is 3. The van der Waals surface area contributed by atoms with Gasteiger partial charge in [-0.15, -0.1) is 0 Å². The molecule has 0 spiro atoms. The van der Waals surface area contributed by atoms with Gasteiger partial charge in [0.25, 0.3) is 0 Å². The zero-order valence-electron chi connectivity index (χ0n) is 10.3. The first-order valence-electron chi connectivity index (χ1n) is 5.79. The minimum absolute atomic E-state index is 0.0708. The molecule has 4 heteroatoms. The fourth-order valence-electron chi connectivity index (χ4n) is 1.77. The van der Waals surface area contributed by atoms with E-state index in [1.165, 1.54) is 12.1 Å². The Bertz CT molecular complexity index is 525. The lowest BCUT2D eigenvalue weighted by Crippen LogP contribution is -1.99. The van der Waals surface area contributed by atoms with Crippen molar-refractivity contribution in [3.8, 4) is 5.75 Å². The molecule has 0 aromatic heterocycles. The maximum Gasteiger partial charge on any atom is 0.123 e. The lowest BCUT2D eigenvalue weighted by Gasteiger charge is -2.18. The summed E-state index contributed by atoms with van der Waals surface area (Å²) < 4.78 is 18.1. The van der Waals surface area contributed by atoms with Gasteiger partial charge in [0.05, 0.1) is 16.8 Å². The van der Waals surface area contributed by atoms with Crippen molar-refractivity contribution in [1.29, 1.82) is 0 Å². The average molecular weight is 388 g/mol. The Morgan fingerprint density at radius 3 is 1.68 bits per heavy atom. The third-order valence-corrected chi connectivity index (χ3v) is 5.70. The molecule has 0 bridgehead atoms. The first kappa shape index (κ1) is 14.5. The fraction of sp³-hybridized carbons (Fsp3) is 0.200. The van der Waals surface area contributed by atoms with Crippen LogP contribution in [-0.2, 0) is 0 Å². The number of alkyl halides is 2. The van der Waals surface area contributed by atoms with Gasteiger partial charge in [0.15, 0.2) is 0 Å². The molecule has 0 unspecified atom stereocenters. The third-order valence-electron chi connectivity index (χ3n) is 2.88. The molecule has 0 amide bonds. The van der Waals surface area contributed by atoms with Gasteiger partial charge in [-0.05, 0) is 35.4 Å². The van der Waals surface area contributed by atoms with E-state index in [2.05, 4.69) is 31.9 Å². The Hall–Kier alpha value is -0.870. The maximum absolute atomic E-state index is 12.9. The molecule has 0 heterocycles. The molecular weight excluding hydrogens is 375 g/mol. The van der Waals surface area contributed by atoms with Crippen LogP contribution in [0.1, 0.15) is 20.8 Å². The molecular formula is C15H13Br2FO. The van der Waals surface area contributed by atoms with Crippen molar-refractivity contribution >= 4 is 31.9 Å². The molecule has 0 aliphatic carbocycles. The first-order chi connectivity index (χ1) is 9.11. The lowest BCUT2D eigenvalue weighted by atomic mass is 10.0. The zero-order chi connectivity index (χ0) is 13.8.